The molecule has 92 valence electrons. The topological polar surface area (TPSA) is 12.5 Å². The molecule has 3 heteroatoms. The number of thiol groups is 1. The van der Waals surface area contributed by atoms with E-state index < -0.39 is 0 Å². The molecule has 0 aliphatic rings. The number of ether oxygens (including phenoxy) is 1. The van der Waals surface area contributed by atoms with Gasteiger partial charge in [-0.25, -0.2) is 0 Å². The first kappa shape index (κ1) is 15.3. The van der Waals surface area contributed by atoms with Crippen LogP contribution in [0.5, 0.6) is 0 Å². The molecule has 0 aromatic rings. The van der Waals surface area contributed by atoms with Crippen molar-refractivity contribution in [2.45, 2.75) is 45.4 Å². The molecule has 1 atom stereocenters. The Bertz CT molecular complexity index is 140. The summed E-state index contributed by atoms with van der Waals surface area (Å²) in [6, 6.07) is 0. The fourth-order valence-electron chi connectivity index (χ4n) is 1.30. The third kappa shape index (κ3) is 10.6. The van der Waals surface area contributed by atoms with Crippen LogP contribution in [-0.2, 0) is 4.74 Å². The minimum atomic E-state index is 0.339. The molecule has 0 aliphatic heterocycles. The molecule has 0 aliphatic carbocycles. The maximum Gasteiger partial charge on any atom is 0.0496 e. The molecule has 0 aromatic carbocycles. The summed E-state index contributed by atoms with van der Waals surface area (Å²) in [6.07, 6.45) is 3.56. The van der Waals surface area contributed by atoms with E-state index >= 15 is 0 Å². The highest BCUT2D eigenvalue weighted by Crippen LogP contribution is 2.04. The van der Waals surface area contributed by atoms with E-state index in [1.165, 1.54) is 12.8 Å². The lowest BCUT2D eigenvalue weighted by Crippen LogP contribution is -2.26. The van der Waals surface area contributed by atoms with E-state index in [2.05, 4.69) is 45.3 Å². The lowest BCUT2D eigenvalue weighted by molar-refractivity contribution is 0.117. The second kappa shape index (κ2) is 9.49. The van der Waals surface area contributed by atoms with Crippen molar-refractivity contribution in [1.29, 1.82) is 0 Å². The van der Waals surface area contributed by atoms with Crippen LogP contribution < -0.4 is 0 Å². The summed E-state index contributed by atoms with van der Waals surface area (Å²) >= 11 is 4.36. The largest absolute Gasteiger partial charge is 0.381 e. The fraction of sp³-hybridized carbons (Fsp3) is 1.00. The average molecular weight is 233 g/mol. The monoisotopic (exact) mass is 233 g/mol. The SMILES string of the molecule is CC(C)CCCOCCCN(C)C(C)S. The van der Waals surface area contributed by atoms with Crippen molar-refractivity contribution in [3.8, 4) is 0 Å². The van der Waals surface area contributed by atoms with Gasteiger partial charge in [-0.15, -0.1) is 0 Å². The van der Waals surface area contributed by atoms with E-state index in [0.717, 1.165) is 32.1 Å². The van der Waals surface area contributed by atoms with Crippen LogP contribution in [0.2, 0.25) is 0 Å². The Kier molecular flexibility index (Phi) is 9.66. The summed E-state index contributed by atoms with van der Waals surface area (Å²) in [4.78, 5) is 2.22. The molecule has 0 heterocycles. The Morgan fingerprint density at radius 3 is 2.27 bits per heavy atom. The van der Waals surface area contributed by atoms with Crippen molar-refractivity contribution in [2.75, 3.05) is 26.8 Å². The average Bonchev–Trinajstić information content (AvgIpc) is 2.15. The van der Waals surface area contributed by atoms with E-state index in [9.17, 15) is 0 Å². The zero-order valence-corrected chi connectivity index (χ0v) is 11.6. The highest BCUT2D eigenvalue weighted by atomic mass is 32.1. The lowest BCUT2D eigenvalue weighted by Gasteiger charge is -2.19. The van der Waals surface area contributed by atoms with E-state index in [1.807, 2.05) is 0 Å². The van der Waals surface area contributed by atoms with Gasteiger partial charge in [0.25, 0.3) is 0 Å². The molecule has 0 saturated carbocycles. The van der Waals surface area contributed by atoms with Gasteiger partial charge in [0.2, 0.25) is 0 Å². The van der Waals surface area contributed by atoms with Crippen LogP contribution in [0.15, 0.2) is 0 Å². The summed E-state index contributed by atoms with van der Waals surface area (Å²) in [5.74, 6) is 0.796. The van der Waals surface area contributed by atoms with Gasteiger partial charge in [0.1, 0.15) is 0 Å². The first-order chi connectivity index (χ1) is 7.04. The van der Waals surface area contributed by atoms with Crippen LogP contribution in [0.25, 0.3) is 0 Å². The van der Waals surface area contributed by atoms with Gasteiger partial charge in [0, 0.05) is 25.1 Å². The Balaban J connectivity index is 3.11. The molecule has 0 N–H and O–H groups in total. The highest BCUT2D eigenvalue weighted by molar-refractivity contribution is 7.80. The van der Waals surface area contributed by atoms with Crippen molar-refractivity contribution >= 4 is 12.6 Å². The van der Waals surface area contributed by atoms with Crippen molar-refractivity contribution in [3.05, 3.63) is 0 Å². The van der Waals surface area contributed by atoms with Crippen LogP contribution in [0, 0.1) is 5.92 Å². The lowest BCUT2D eigenvalue weighted by atomic mass is 10.1. The van der Waals surface area contributed by atoms with Gasteiger partial charge >= 0.3 is 0 Å². The number of nitrogens with zero attached hydrogens (tertiary/aromatic N) is 1. The van der Waals surface area contributed by atoms with Crippen molar-refractivity contribution in [1.82, 2.24) is 4.90 Å². The van der Waals surface area contributed by atoms with Crippen molar-refractivity contribution in [2.24, 2.45) is 5.92 Å². The molecule has 0 fully saturated rings. The zero-order chi connectivity index (χ0) is 11.7. The van der Waals surface area contributed by atoms with Crippen molar-refractivity contribution < 1.29 is 4.74 Å². The molecule has 0 spiro atoms. The summed E-state index contributed by atoms with van der Waals surface area (Å²) in [6.45, 7) is 9.45. The predicted octanol–water partition coefficient (Wildman–Crippen LogP) is 3.04. The molecular weight excluding hydrogens is 206 g/mol. The van der Waals surface area contributed by atoms with Crippen LogP contribution in [-0.4, -0.2) is 37.1 Å². The molecule has 15 heavy (non-hydrogen) atoms. The molecule has 1 unspecified atom stereocenters. The maximum atomic E-state index is 5.56. The van der Waals surface area contributed by atoms with Gasteiger partial charge in [0.15, 0.2) is 0 Å². The third-order valence-corrected chi connectivity index (χ3v) is 2.90. The van der Waals surface area contributed by atoms with Gasteiger partial charge in [0.05, 0.1) is 0 Å². The van der Waals surface area contributed by atoms with Gasteiger partial charge in [-0.05, 0) is 39.2 Å². The fourth-order valence-corrected chi connectivity index (χ4v) is 1.41. The molecule has 0 bridgehead atoms. The minimum absolute atomic E-state index is 0.339. The minimum Gasteiger partial charge on any atom is -0.381 e. The summed E-state index contributed by atoms with van der Waals surface area (Å²) < 4.78 is 5.56. The second-order valence-electron chi connectivity index (χ2n) is 4.61. The van der Waals surface area contributed by atoms with Gasteiger partial charge in [-0.3, -0.25) is 4.90 Å². The van der Waals surface area contributed by atoms with Gasteiger partial charge in [-0.1, -0.05) is 13.8 Å². The van der Waals surface area contributed by atoms with Crippen molar-refractivity contribution in [3.63, 3.8) is 0 Å². The van der Waals surface area contributed by atoms with Gasteiger partial charge < -0.3 is 4.74 Å². The summed E-state index contributed by atoms with van der Waals surface area (Å²) in [5, 5.41) is 0.339. The first-order valence-corrected chi connectivity index (χ1v) is 6.51. The Morgan fingerprint density at radius 2 is 1.73 bits per heavy atom. The Labute approximate surface area is 101 Å². The molecular formula is C12H27NOS. The highest BCUT2D eigenvalue weighted by Gasteiger charge is 2.02. The second-order valence-corrected chi connectivity index (χ2v) is 5.36. The molecule has 0 aromatic heterocycles. The normalized spacial score (nSPS) is 13.8. The number of hydrogen-bond acceptors (Lipinski definition) is 3. The summed E-state index contributed by atoms with van der Waals surface area (Å²) in [5.41, 5.74) is 0. The van der Waals surface area contributed by atoms with Gasteiger partial charge in [-0.2, -0.15) is 12.6 Å². The number of hydrogen-bond donors (Lipinski definition) is 1. The van der Waals surface area contributed by atoms with E-state index in [-0.39, 0.29) is 0 Å². The standard InChI is InChI=1S/C12H27NOS/c1-11(2)7-5-9-14-10-6-8-13(4)12(3)15/h11-12,15H,5-10H2,1-4H3. The molecule has 0 amide bonds. The number of rotatable bonds is 9. The van der Waals surface area contributed by atoms with E-state index in [0.29, 0.717) is 5.37 Å². The van der Waals surface area contributed by atoms with E-state index in [1.54, 1.807) is 0 Å². The molecule has 0 saturated heterocycles. The molecule has 0 rings (SSSR count). The Morgan fingerprint density at radius 1 is 1.13 bits per heavy atom. The molecule has 2 nitrogen and oxygen atoms in total. The van der Waals surface area contributed by atoms with Crippen LogP contribution in [0.3, 0.4) is 0 Å². The predicted molar refractivity (Wildman–Crippen MR) is 70.6 cm³/mol. The van der Waals surface area contributed by atoms with E-state index in [4.69, 9.17) is 4.74 Å². The zero-order valence-electron chi connectivity index (χ0n) is 10.7. The van der Waals surface area contributed by atoms with Crippen LogP contribution >= 0.6 is 12.6 Å². The van der Waals surface area contributed by atoms with Crippen LogP contribution in [0.1, 0.15) is 40.0 Å². The third-order valence-electron chi connectivity index (χ3n) is 2.51. The summed E-state index contributed by atoms with van der Waals surface area (Å²) in [7, 11) is 2.09. The van der Waals surface area contributed by atoms with Crippen LogP contribution in [0.4, 0.5) is 0 Å². The maximum absolute atomic E-state index is 5.56. The molecule has 0 radical (unpaired) electrons. The quantitative estimate of drug-likeness (QED) is 0.373. The first-order valence-electron chi connectivity index (χ1n) is 6.00. The Hall–Kier alpha value is 0.270. The smallest absolute Gasteiger partial charge is 0.0496 e.